The average molecular weight is 321 g/mol. The van der Waals surface area contributed by atoms with Crippen LogP contribution in [0.25, 0.3) is 0 Å². The van der Waals surface area contributed by atoms with E-state index in [-0.39, 0.29) is 17.9 Å². The second-order valence-corrected chi connectivity index (χ2v) is 4.15. The fourth-order valence-electron chi connectivity index (χ4n) is 1.33. The molecule has 0 amide bonds. The largest absolute Gasteiger partial charge is 0.495 e. The van der Waals surface area contributed by atoms with E-state index in [0.717, 1.165) is 6.21 Å². The van der Waals surface area contributed by atoms with Gasteiger partial charge in [0.2, 0.25) is 6.54 Å². The van der Waals surface area contributed by atoms with E-state index in [9.17, 15) is 14.4 Å². The van der Waals surface area contributed by atoms with E-state index in [2.05, 4.69) is 20.7 Å². The number of esters is 1. The minimum Gasteiger partial charge on any atom is -0.495 e. The summed E-state index contributed by atoms with van der Waals surface area (Å²) in [5.74, 6) is -1.04. The molecule has 98 valence electrons. The quantitative estimate of drug-likeness (QED) is 0.302. The highest BCUT2D eigenvalue weighted by Gasteiger charge is 2.19. The van der Waals surface area contributed by atoms with Gasteiger partial charge in [0, 0.05) is 0 Å². The predicted octanol–water partition coefficient (Wildman–Crippen LogP) is 1.74. The van der Waals surface area contributed by atoms with E-state index in [1.165, 1.54) is 26.4 Å². The first-order valence-corrected chi connectivity index (χ1v) is 5.68. The van der Waals surface area contributed by atoms with Gasteiger partial charge in [0.25, 0.3) is 6.21 Å². The summed E-state index contributed by atoms with van der Waals surface area (Å²) in [5.41, 5.74) is 0.120. The fourth-order valence-corrected chi connectivity index (χ4v) is 1.86. The first kappa shape index (κ1) is 14.4. The molecule has 18 heavy (non-hydrogen) atoms. The van der Waals surface area contributed by atoms with Gasteiger partial charge in [-0.15, -0.1) is 0 Å². The molecule has 0 aromatic heterocycles. The monoisotopic (exact) mass is 320 g/mol. The molecule has 1 aromatic carbocycles. The lowest BCUT2D eigenvalue weighted by molar-refractivity contribution is -0.783. The number of carbonyl (C=O) groups is 1. The first-order chi connectivity index (χ1) is 8.49. The Morgan fingerprint density at radius 3 is 2.78 bits per heavy atom. The van der Waals surface area contributed by atoms with Crippen LogP contribution in [0.5, 0.6) is 5.75 Å². The van der Waals surface area contributed by atoms with Crippen molar-refractivity contribution in [1.29, 1.82) is 0 Å². The highest BCUT2D eigenvalue weighted by Crippen LogP contribution is 2.31. The van der Waals surface area contributed by atoms with Crippen molar-refractivity contribution in [2.24, 2.45) is 0 Å². The third-order valence-corrected chi connectivity index (χ3v) is 2.76. The maximum Gasteiger partial charge on any atom is 0.399 e. The summed E-state index contributed by atoms with van der Waals surface area (Å²) < 4.78 is 24.1. The predicted molar refractivity (Wildman–Crippen MR) is 64.5 cm³/mol. The number of carbonyl (C=O) groups excluding carboxylic acids is 1. The van der Waals surface area contributed by atoms with Crippen molar-refractivity contribution in [1.82, 2.24) is 0 Å². The number of halogens is 2. The molecule has 5 nitrogen and oxygen atoms in total. The van der Waals surface area contributed by atoms with Crippen LogP contribution in [0.1, 0.15) is 5.56 Å². The van der Waals surface area contributed by atoms with Crippen molar-refractivity contribution in [2.75, 3.05) is 14.2 Å². The van der Waals surface area contributed by atoms with Crippen molar-refractivity contribution in [3.8, 4) is 5.75 Å². The van der Waals surface area contributed by atoms with Crippen LogP contribution in [0.4, 0.5) is 4.39 Å². The zero-order valence-corrected chi connectivity index (χ0v) is 11.4. The van der Waals surface area contributed by atoms with E-state index in [1.807, 2.05) is 0 Å². The van der Waals surface area contributed by atoms with Crippen molar-refractivity contribution >= 4 is 28.1 Å². The average Bonchev–Trinajstić information content (AvgIpc) is 2.34. The van der Waals surface area contributed by atoms with Gasteiger partial charge < -0.3 is 9.47 Å². The maximum absolute atomic E-state index is 13.6. The zero-order chi connectivity index (χ0) is 13.7. The highest BCUT2D eigenvalue weighted by atomic mass is 79.9. The second-order valence-electron chi connectivity index (χ2n) is 3.29. The molecule has 0 atom stereocenters. The molecule has 0 aliphatic heterocycles. The lowest BCUT2D eigenvalue weighted by Gasteiger charge is -2.08. The lowest BCUT2D eigenvalue weighted by Crippen LogP contribution is -2.16. The molecule has 0 fully saturated rings. The number of hydrogen-bond acceptors (Lipinski definition) is 4. The molecule has 0 saturated heterocycles. The van der Waals surface area contributed by atoms with Crippen LogP contribution in [-0.2, 0) is 16.1 Å². The minimum absolute atomic E-state index is 0.120. The molecule has 1 rings (SSSR count). The van der Waals surface area contributed by atoms with Gasteiger partial charge in [0.1, 0.15) is 11.6 Å². The third kappa shape index (κ3) is 3.43. The van der Waals surface area contributed by atoms with E-state index in [4.69, 9.17) is 4.74 Å². The Hall–Kier alpha value is -1.63. The number of rotatable bonds is 4. The van der Waals surface area contributed by atoms with E-state index in [0.29, 0.717) is 9.21 Å². The van der Waals surface area contributed by atoms with Gasteiger partial charge in [0.05, 0.1) is 24.3 Å². The Labute approximate surface area is 112 Å². The molecule has 1 N–H and O–H groups in total. The summed E-state index contributed by atoms with van der Waals surface area (Å²) in [6.07, 6.45) is 0.805. The Kier molecular flexibility index (Phi) is 5.08. The fraction of sp³-hybridized carbons (Fsp3) is 0.273. The normalized spacial score (nSPS) is 11.2. The molecule has 0 heterocycles. The molecule has 0 aliphatic rings. The molecule has 0 aliphatic carbocycles. The SMILES string of the molecule is COC(=O)/C=[N+](\O)Cc1c(F)ccc(Br)c1OC. The summed E-state index contributed by atoms with van der Waals surface area (Å²) in [5, 5.41) is 9.48. The van der Waals surface area contributed by atoms with Crippen LogP contribution in [0.3, 0.4) is 0 Å². The van der Waals surface area contributed by atoms with Gasteiger partial charge >= 0.3 is 5.97 Å². The number of benzene rings is 1. The topological polar surface area (TPSA) is 58.8 Å². The van der Waals surface area contributed by atoms with Gasteiger partial charge in [-0.2, -0.15) is 0 Å². The Morgan fingerprint density at radius 1 is 1.56 bits per heavy atom. The molecular formula is C11H12BrFNO4+. The van der Waals surface area contributed by atoms with Crippen LogP contribution < -0.4 is 4.74 Å². The van der Waals surface area contributed by atoms with Gasteiger partial charge in [-0.1, -0.05) is 0 Å². The number of methoxy groups -OCH3 is 2. The molecule has 0 spiro atoms. The number of hydrogen-bond donors (Lipinski definition) is 1. The van der Waals surface area contributed by atoms with Crippen molar-refractivity contribution in [3.05, 3.63) is 28.0 Å². The molecule has 0 saturated carbocycles. The van der Waals surface area contributed by atoms with Gasteiger partial charge in [-0.25, -0.2) is 9.18 Å². The summed E-state index contributed by atoms with van der Waals surface area (Å²) in [6.45, 7) is -0.246. The number of ether oxygens (including phenoxy) is 2. The van der Waals surface area contributed by atoms with Crippen LogP contribution >= 0.6 is 15.9 Å². The second kappa shape index (κ2) is 6.34. The molecule has 0 bridgehead atoms. The van der Waals surface area contributed by atoms with Crippen LogP contribution in [0, 0.1) is 5.82 Å². The summed E-state index contributed by atoms with van der Waals surface area (Å²) in [6, 6.07) is 2.72. The summed E-state index contributed by atoms with van der Waals surface area (Å²) in [7, 11) is 2.56. The van der Waals surface area contributed by atoms with Gasteiger partial charge in [-0.05, 0) is 32.8 Å². The Morgan fingerprint density at radius 2 is 2.22 bits per heavy atom. The molecule has 0 radical (unpaired) electrons. The molecule has 0 unspecified atom stereocenters. The number of hydroxylamine groups is 1. The number of nitrogens with zero attached hydrogens (tertiary/aromatic N) is 1. The summed E-state index contributed by atoms with van der Waals surface area (Å²) >= 11 is 3.20. The van der Waals surface area contributed by atoms with Crippen molar-refractivity contribution in [3.63, 3.8) is 0 Å². The van der Waals surface area contributed by atoms with Gasteiger partial charge in [0.15, 0.2) is 0 Å². The smallest absolute Gasteiger partial charge is 0.399 e. The van der Waals surface area contributed by atoms with Crippen LogP contribution in [0.15, 0.2) is 16.6 Å². The molecule has 7 heteroatoms. The Bertz CT molecular complexity index is 490. The standard InChI is InChI=1S/C11H12BrFNO4/c1-17-10(15)6-14(16)5-7-9(13)4-3-8(12)11(7)18-2/h3-4,6,16H,5H2,1-2H3/q+1/b14-6-. The van der Waals surface area contributed by atoms with E-state index >= 15 is 0 Å². The van der Waals surface area contributed by atoms with Gasteiger partial charge in [-0.3, -0.25) is 5.21 Å². The molecular weight excluding hydrogens is 309 g/mol. The van der Waals surface area contributed by atoms with Crippen LogP contribution in [-0.4, -0.2) is 36.3 Å². The highest BCUT2D eigenvalue weighted by molar-refractivity contribution is 9.10. The van der Waals surface area contributed by atoms with Crippen molar-refractivity contribution in [2.45, 2.75) is 6.54 Å². The third-order valence-electron chi connectivity index (χ3n) is 2.14. The Balaban J connectivity index is 3.07. The molecule has 1 aromatic rings. The van der Waals surface area contributed by atoms with E-state index in [1.54, 1.807) is 0 Å². The minimum atomic E-state index is -0.744. The first-order valence-electron chi connectivity index (χ1n) is 4.88. The van der Waals surface area contributed by atoms with Crippen LogP contribution in [0.2, 0.25) is 0 Å². The maximum atomic E-state index is 13.6. The van der Waals surface area contributed by atoms with Crippen molar-refractivity contribution < 1.29 is 28.6 Å². The summed E-state index contributed by atoms with van der Waals surface area (Å²) in [4.78, 5) is 10.9. The zero-order valence-electron chi connectivity index (χ0n) is 9.81. The lowest BCUT2D eigenvalue weighted by atomic mass is 10.2. The van der Waals surface area contributed by atoms with E-state index < -0.39 is 11.8 Å².